The van der Waals surface area contributed by atoms with Crippen LogP contribution in [0.3, 0.4) is 0 Å². The second-order valence-electron chi connectivity index (χ2n) is 4.36. The largest absolute Gasteiger partial charge is 0.458 e. The summed E-state index contributed by atoms with van der Waals surface area (Å²) in [6.45, 7) is 8.18. The lowest BCUT2D eigenvalue weighted by Crippen LogP contribution is -2.16. The minimum absolute atomic E-state index is 0.108. The van der Waals surface area contributed by atoms with E-state index in [2.05, 4.69) is 20.4 Å². The molecule has 0 aliphatic carbocycles. The van der Waals surface area contributed by atoms with E-state index in [0.717, 1.165) is 32.1 Å². The minimum atomic E-state index is -0.169. The average molecular weight is 210 g/mol. The fourth-order valence-electron chi connectivity index (χ4n) is 2.12. The molecule has 0 aromatic rings. The molecule has 0 aromatic carbocycles. The van der Waals surface area contributed by atoms with Crippen LogP contribution < -0.4 is 0 Å². The van der Waals surface area contributed by atoms with E-state index in [-0.39, 0.29) is 18.0 Å². The first-order valence-corrected chi connectivity index (χ1v) is 6.10. The number of carbonyl (C=O) groups is 1. The van der Waals surface area contributed by atoms with Gasteiger partial charge >= 0.3 is 5.97 Å². The predicted octanol–water partition coefficient (Wildman–Crippen LogP) is 3.46. The SMILES string of the molecule is C=C1C(=O)OC(CCCC)C1CCCC. The molecule has 0 bridgehead atoms. The zero-order valence-corrected chi connectivity index (χ0v) is 9.92. The smallest absolute Gasteiger partial charge is 0.334 e. The molecule has 0 amide bonds. The molecule has 0 spiro atoms. The van der Waals surface area contributed by atoms with Gasteiger partial charge in [0.25, 0.3) is 0 Å². The molecule has 1 saturated heterocycles. The van der Waals surface area contributed by atoms with Gasteiger partial charge in [0.15, 0.2) is 0 Å². The van der Waals surface area contributed by atoms with Crippen LogP contribution in [0.1, 0.15) is 52.4 Å². The Morgan fingerprint density at radius 2 is 1.80 bits per heavy atom. The summed E-state index contributed by atoms with van der Waals surface area (Å²) in [5, 5.41) is 0. The average Bonchev–Trinajstić information content (AvgIpc) is 2.50. The minimum Gasteiger partial charge on any atom is -0.458 e. The van der Waals surface area contributed by atoms with E-state index in [1.54, 1.807) is 0 Å². The van der Waals surface area contributed by atoms with Crippen molar-refractivity contribution in [3.63, 3.8) is 0 Å². The molecule has 1 fully saturated rings. The summed E-state index contributed by atoms with van der Waals surface area (Å²) in [4.78, 5) is 11.4. The highest BCUT2D eigenvalue weighted by molar-refractivity contribution is 5.90. The molecule has 0 N–H and O–H groups in total. The van der Waals surface area contributed by atoms with Crippen molar-refractivity contribution in [3.05, 3.63) is 12.2 Å². The number of unbranched alkanes of at least 4 members (excludes halogenated alkanes) is 2. The van der Waals surface area contributed by atoms with Gasteiger partial charge in [-0.05, 0) is 12.8 Å². The molecular formula is C13H22O2. The van der Waals surface area contributed by atoms with Gasteiger partial charge < -0.3 is 4.74 Å². The lowest BCUT2D eigenvalue weighted by Gasteiger charge is -2.16. The Morgan fingerprint density at radius 1 is 1.20 bits per heavy atom. The second kappa shape index (κ2) is 5.94. The van der Waals surface area contributed by atoms with Crippen molar-refractivity contribution in [2.24, 2.45) is 5.92 Å². The van der Waals surface area contributed by atoms with Crippen LogP contribution in [0, 0.1) is 5.92 Å². The van der Waals surface area contributed by atoms with Gasteiger partial charge in [-0.25, -0.2) is 4.79 Å². The van der Waals surface area contributed by atoms with Gasteiger partial charge in [-0.1, -0.05) is 46.1 Å². The third-order valence-corrected chi connectivity index (χ3v) is 3.13. The Bertz CT molecular complexity index is 233. The monoisotopic (exact) mass is 210 g/mol. The first-order chi connectivity index (χ1) is 7.20. The zero-order valence-electron chi connectivity index (χ0n) is 9.92. The lowest BCUT2D eigenvalue weighted by molar-refractivity contribution is -0.139. The molecule has 86 valence electrons. The van der Waals surface area contributed by atoms with Crippen LogP contribution in [0.5, 0.6) is 0 Å². The maximum atomic E-state index is 11.4. The molecule has 1 aliphatic heterocycles. The summed E-state index contributed by atoms with van der Waals surface area (Å²) in [7, 11) is 0. The molecule has 1 rings (SSSR count). The van der Waals surface area contributed by atoms with Gasteiger partial charge in [0, 0.05) is 11.5 Å². The van der Waals surface area contributed by atoms with E-state index in [9.17, 15) is 4.79 Å². The highest BCUT2D eigenvalue weighted by Crippen LogP contribution is 2.33. The van der Waals surface area contributed by atoms with Crippen LogP contribution in [0.2, 0.25) is 0 Å². The van der Waals surface area contributed by atoms with Crippen LogP contribution >= 0.6 is 0 Å². The highest BCUT2D eigenvalue weighted by Gasteiger charge is 2.37. The molecule has 2 atom stereocenters. The number of esters is 1. The Balaban J connectivity index is 2.52. The molecule has 2 heteroatoms. The summed E-state index contributed by atoms with van der Waals surface area (Å²) in [6, 6.07) is 0. The number of carbonyl (C=O) groups excluding carboxylic acids is 1. The van der Waals surface area contributed by atoms with E-state index in [4.69, 9.17) is 4.74 Å². The van der Waals surface area contributed by atoms with Crippen molar-refractivity contribution in [1.29, 1.82) is 0 Å². The van der Waals surface area contributed by atoms with E-state index in [1.807, 2.05) is 0 Å². The van der Waals surface area contributed by atoms with E-state index in [0.29, 0.717) is 5.57 Å². The van der Waals surface area contributed by atoms with Crippen LogP contribution in [-0.2, 0) is 9.53 Å². The van der Waals surface area contributed by atoms with E-state index < -0.39 is 0 Å². The number of cyclic esters (lactones) is 1. The number of hydrogen-bond acceptors (Lipinski definition) is 2. The van der Waals surface area contributed by atoms with Crippen LogP contribution in [0.25, 0.3) is 0 Å². The molecule has 0 radical (unpaired) electrons. The predicted molar refractivity (Wildman–Crippen MR) is 61.6 cm³/mol. The van der Waals surface area contributed by atoms with Crippen LogP contribution in [-0.4, -0.2) is 12.1 Å². The quantitative estimate of drug-likeness (QED) is 0.495. The Morgan fingerprint density at radius 3 is 2.40 bits per heavy atom. The van der Waals surface area contributed by atoms with Crippen molar-refractivity contribution in [2.45, 2.75) is 58.5 Å². The van der Waals surface area contributed by atoms with E-state index >= 15 is 0 Å². The van der Waals surface area contributed by atoms with Gasteiger partial charge in [0.2, 0.25) is 0 Å². The fourth-order valence-corrected chi connectivity index (χ4v) is 2.12. The van der Waals surface area contributed by atoms with Crippen molar-refractivity contribution in [2.75, 3.05) is 0 Å². The Hall–Kier alpha value is -0.790. The van der Waals surface area contributed by atoms with Gasteiger partial charge in [-0.15, -0.1) is 0 Å². The van der Waals surface area contributed by atoms with Crippen molar-refractivity contribution in [1.82, 2.24) is 0 Å². The molecule has 2 nitrogen and oxygen atoms in total. The maximum absolute atomic E-state index is 11.4. The normalized spacial score (nSPS) is 25.7. The fraction of sp³-hybridized carbons (Fsp3) is 0.769. The highest BCUT2D eigenvalue weighted by atomic mass is 16.6. The molecule has 0 saturated carbocycles. The third-order valence-electron chi connectivity index (χ3n) is 3.13. The summed E-state index contributed by atoms with van der Waals surface area (Å²) in [5.41, 5.74) is 0.699. The maximum Gasteiger partial charge on any atom is 0.334 e. The Kier molecular flexibility index (Phi) is 4.86. The topological polar surface area (TPSA) is 26.3 Å². The molecule has 1 heterocycles. The number of ether oxygens (including phenoxy) is 1. The molecule has 2 unspecified atom stereocenters. The summed E-state index contributed by atoms with van der Waals surface area (Å²) < 4.78 is 5.35. The van der Waals surface area contributed by atoms with Gasteiger partial charge in [-0.2, -0.15) is 0 Å². The summed E-state index contributed by atoms with van der Waals surface area (Å²) in [5.74, 6) is 0.112. The number of rotatable bonds is 6. The standard InChI is InChI=1S/C13H22O2/c1-4-6-8-11-10(3)13(14)15-12(11)9-7-5-2/h11-12H,3-9H2,1-2H3. The van der Waals surface area contributed by atoms with Crippen LogP contribution in [0.15, 0.2) is 12.2 Å². The first kappa shape index (κ1) is 12.3. The number of hydrogen-bond donors (Lipinski definition) is 0. The van der Waals surface area contributed by atoms with Gasteiger partial charge in [0.05, 0.1) is 0 Å². The molecule has 15 heavy (non-hydrogen) atoms. The summed E-state index contributed by atoms with van der Waals surface area (Å²) >= 11 is 0. The molecular weight excluding hydrogens is 188 g/mol. The third kappa shape index (κ3) is 3.08. The zero-order chi connectivity index (χ0) is 11.3. The molecule has 0 aromatic heterocycles. The van der Waals surface area contributed by atoms with Gasteiger partial charge in [-0.3, -0.25) is 0 Å². The van der Waals surface area contributed by atoms with Crippen LogP contribution in [0.4, 0.5) is 0 Å². The second-order valence-corrected chi connectivity index (χ2v) is 4.36. The Labute approximate surface area is 92.7 Å². The van der Waals surface area contributed by atoms with Crippen molar-refractivity contribution >= 4 is 5.97 Å². The lowest BCUT2D eigenvalue weighted by atomic mass is 9.89. The first-order valence-electron chi connectivity index (χ1n) is 6.10. The van der Waals surface area contributed by atoms with E-state index in [1.165, 1.54) is 6.42 Å². The van der Waals surface area contributed by atoms with Crippen molar-refractivity contribution in [3.8, 4) is 0 Å². The van der Waals surface area contributed by atoms with Gasteiger partial charge in [0.1, 0.15) is 6.10 Å². The van der Waals surface area contributed by atoms with Crippen molar-refractivity contribution < 1.29 is 9.53 Å². The molecule has 1 aliphatic rings. The summed E-state index contributed by atoms with van der Waals surface area (Å²) in [6.07, 6.45) is 6.76.